The second kappa shape index (κ2) is 7.35. The number of aryl methyl sites for hydroxylation is 1. The molecule has 0 aliphatic rings. The first kappa shape index (κ1) is 16.3. The van der Waals surface area contributed by atoms with E-state index in [9.17, 15) is 0 Å². The van der Waals surface area contributed by atoms with Gasteiger partial charge in [-0.25, -0.2) is 0 Å². The Morgan fingerprint density at radius 3 is 2.65 bits per heavy atom. The van der Waals surface area contributed by atoms with Gasteiger partial charge in [-0.1, -0.05) is 45.7 Å². The fourth-order valence-electron chi connectivity index (χ4n) is 2.48. The number of furan rings is 1. The van der Waals surface area contributed by atoms with Crippen LogP contribution in [0.4, 0.5) is 0 Å². The van der Waals surface area contributed by atoms with Crippen LogP contribution in [0.5, 0.6) is 0 Å². The summed E-state index contributed by atoms with van der Waals surface area (Å²) < 4.78 is 7.02. The zero-order chi connectivity index (χ0) is 16.2. The molecule has 0 amide bonds. The van der Waals surface area contributed by atoms with Gasteiger partial charge >= 0.3 is 0 Å². The number of hydrogen-bond acceptors (Lipinski definition) is 2. The first-order valence-corrected chi connectivity index (χ1v) is 8.60. The molecule has 1 N–H and O–H groups in total. The van der Waals surface area contributed by atoms with Crippen molar-refractivity contribution in [3.05, 3.63) is 81.0 Å². The van der Waals surface area contributed by atoms with E-state index in [0.29, 0.717) is 13.1 Å². The largest absolute Gasteiger partial charge is 0.460 e. The van der Waals surface area contributed by atoms with Gasteiger partial charge in [0, 0.05) is 21.6 Å². The number of halogens is 2. The van der Waals surface area contributed by atoms with E-state index in [2.05, 4.69) is 40.3 Å². The molecule has 3 aromatic rings. The molecule has 0 saturated heterocycles. The van der Waals surface area contributed by atoms with Gasteiger partial charge in [0.05, 0.1) is 6.54 Å². The molecule has 0 spiro atoms. The molecule has 3 rings (SSSR count). The molecule has 0 fully saturated rings. The average Bonchev–Trinajstić information content (AvgIpc) is 2.98. The van der Waals surface area contributed by atoms with Gasteiger partial charge in [-0.15, -0.1) is 0 Å². The Labute approximate surface area is 149 Å². The molecule has 0 saturated carbocycles. The van der Waals surface area contributed by atoms with E-state index in [1.165, 1.54) is 5.56 Å². The first-order valence-electron chi connectivity index (χ1n) is 7.43. The third-order valence-electron chi connectivity index (χ3n) is 3.69. The summed E-state index contributed by atoms with van der Waals surface area (Å²) in [5.41, 5.74) is 3.39. The molecular formula is C19H17BrClNO. The number of benzene rings is 2. The van der Waals surface area contributed by atoms with Crippen LogP contribution >= 0.6 is 27.5 Å². The van der Waals surface area contributed by atoms with Gasteiger partial charge in [-0.05, 0) is 54.4 Å². The number of rotatable bonds is 5. The lowest BCUT2D eigenvalue weighted by molar-refractivity contribution is 0.493. The summed E-state index contributed by atoms with van der Waals surface area (Å²) in [4.78, 5) is 0. The minimum atomic E-state index is 0.667. The summed E-state index contributed by atoms with van der Waals surface area (Å²) in [6.07, 6.45) is 0. The van der Waals surface area contributed by atoms with E-state index in [1.807, 2.05) is 42.5 Å². The molecule has 0 unspecified atom stereocenters. The summed E-state index contributed by atoms with van der Waals surface area (Å²) in [5, 5.41) is 4.14. The van der Waals surface area contributed by atoms with Crippen molar-refractivity contribution < 1.29 is 4.42 Å². The summed E-state index contributed by atoms with van der Waals surface area (Å²) in [6.45, 7) is 3.46. The van der Waals surface area contributed by atoms with Crippen LogP contribution in [0.1, 0.15) is 16.9 Å². The first-order chi connectivity index (χ1) is 11.1. The third kappa shape index (κ3) is 4.05. The van der Waals surface area contributed by atoms with Crippen molar-refractivity contribution in [1.82, 2.24) is 5.32 Å². The molecule has 2 aromatic carbocycles. The molecule has 23 heavy (non-hydrogen) atoms. The van der Waals surface area contributed by atoms with Gasteiger partial charge in [0.15, 0.2) is 0 Å². The van der Waals surface area contributed by atoms with Gasteiger partial charge in [-0.3, -0.25) is 0 Å². The smallest absolute Gasteiger partial charge is 0.134 e. The minimum absolute atomic E-state index is 0.667. The molecule has 0 aliphatic carbocycles. The highest BCUT2D eigenvalue weighted by Gasteiger charge is 2.08. The van der Waals surface area contributed by atoms with Crippen LogP contribution in [0.3, 0.4) is 0 Å². The van der Waals surface area contributed by atoms with Crippen LogP contribution < -0.4 is 5.32 Å². The van der Waals surface area contributed by atoms with Gasteiger partial charge in [0.1, 0.15) is 11.5 Å². The van der Waals surface area contributed by atoms with Crippen molar-refractivity contribution in [1.29, 1.82) is 0 Å². The fourth-order valence-corrected chi connectivity index (χ4v) is 3.16. The number of nitrogens with one attached hydrogen (secondary N) is 1. The minimum Gasteiger partial charge on any atom is -0.460 e. The molecule has 0 atom stereocenters. The lowest BCUT2D eigenvalue weighted by atomic mass is 10.1. The summed E-state index contributed by atoms with van der Waals surface area (Å²) in [6, 6.07) is 18.1. The Morgan fingerprint density at radius 1 is 1.04 bits per heavy atom. The maximum absolute atomic E-state index is 6.15. The topological polar surface area (TPSA) is 25.2 Å². The van der Waals surface area contributed by atoms with Crippen molar-refractivity contribution >= 4 is 27.5 Å². The standard InChI is InChI=1S/C19H17BrClNO/c1-13-10-15(20)6-8-17(13)19-9-7-16(23-19)12-22-11-14-4-2-3-5-18(14)21/h2-10,22H,11-12H2,1H3. The lowest BCUT2D eigenvalue weighted by Crippen LogP contribution is -2.12. The predicted molar refractivity (Wildman–Crippen MR) is 98.6 cm³/mol. The summed E-state index contributed by atoms with van der Waals surface area (Å²) in [5.74, 6) is 1.80. The SMILES string of the molecule is Cc1cc(Br)ccc1-c1ccc(CNCc2ccccc2Cl)o1. The molecule has 118 valence electrons. The van der Waals surface area contributed by atoms with E-state index in [1.54, 1.807) is 0 Å². The third-order valence-corrected chi connectivity index (χ3v) is 4.55. The van der Waals surface area contributed by atoms with Gasteiger partial charge in [-0.2, -0.15) is 0 Å². The molecule has 2 nitrogen and oxygen atoms in total. The van der Waals surface area contributed by atoms with Crippen molar-refractivity contribution in [2.45, 2.75) is 20.0 Å². The summed E-state index contributed by atoms with van der Waals surface area (Å²) >= 11 is 9.64. The Balaban J connectivity index is 1.65. The maximum atomic E-state index is 6.15. The Kier molecular flexibility index (Phi) is 5.21. The fraction of sp³-hybridized carbons (Fsp3) is 0.158. The zero-order valence-electron chi connectivity index (χ0n) is 12.8. The molecule has 1 aromatic heterocycles. The van der Waals surface area contributed by atoms with E-state index >= 15 is 0 Å². The molecular weight excluding hydrogens is 374 g/mol. The van der Waals surface area contributed by atoms with E-state index in [0.717, 1.165) is 32.1 Å². The van der Waals surface area contributed by atoms with Crippen molar-refractivity contribution in [3.8, 4) is 11.3 Å². The molecule has 0 radical (unpaired) electrons. The predicted octanol–water partition coefficient (Wildman–Crippen LogP) is 5.96. The molecule has 0 aliphatic heterocycles. The highest BCUT2D eigenvalue weighted by Crippen LogP contribution is 2.27. The highest BCUT2D eigenvalue weighted by atomic mass is 79.9. The monoisotopic (exact) mass is 389 g/mol. The lowest BCUT2D eigenvalue weighted by Gasteiger charge is -2.05. The maximum Gasteiger partial charge on any atom is 0.134 e. The second-order valence-corrected chi connectivity index (χ2v) is 6.74. The molecule has 4 heteroatoms. The van der Waals surface area contributed by atoms with Gasteiger partial charge in [0.2, 0.25) is 0 Å². The Hall–Kier alpha value is -1.55. The molecule has 0 bridgehead atoms. The van der Waals surface area contributed by atoms with Crippen LogP contribution in [0.15, 0.2) is 63.5 Å². The highest BCUT2D eigenvalue weighted by molar-refractivity contribution is 9.10. The van der Waals surface area contributed by atoms with E-state index in [4.69, 9.17) is 16.0 Å². The van der Waals surface area contributed by atoms with Crippen LogP contribution in [-0.2, 0) is 13.1 Å². The van der Waals surface area contributed by atoms with Crippen molar-refractivity contribution in [2.75, 3.05) is 0 Å². The van der Waals surface area contributed by atoms with E-state index in [-0.39, 0.29) is 0 Å². The second-order valence-electron chi connectivity index (χ2n) is 5.42. The van der Waals surface area contributed by atoms with Crippen molar-refractivity contribution in [3.63, 3.8) is 0 Å². The number of hydrogen-bond donors (Lipinski definition) is 1. The van der Waals surface area contributed by atoms with Crippen LogP contribution in [-0.4, -0.2) is 0 Å². The van der Waals surface area contributed by atoms with Crippen LogP contribution in [0.25, 0.3) is 11.3 Å². The zero-order valence-corrected chi connectivity index (χ0v) is 15.1. The molecule has 1 heterocycles. The summed E-state index contributed by atoms with van der Waals surface area (Å²) in [7, 11) is 0. The normalized spacial score (nSPS) is 10.9. The Morgan fingerprint density at radius 2 is 1.87 bits per heavy atom. The van der Waals surface area contributed by atoms with Crippen molar-refractivity contribution in [2.24, 2.45) is 0 Å². The van der Waals surface area contributed by atoms with E-state index < -0.39 is 0 Å². The van der Waals surface area contributed by atoms with Crippen LogP contribution in [0.2, 0.25) is 5.02 Å². The van der Waals surface area contributed by atoms with Crippen LogP contribution in [0, 0.1) is 6.92 Å². The quantitative estimate of drug-likeness (QED) is 0.581. The Bertz CT molecular complexity index is 813. The van der Waals surface area contributed by atoms with Gasteiger partial charge < -0.3 is 9.73 Å². The van der Waals surface area contributed by atoms with Gasteiger partial charge in [0.25, 0.3) is 0 Å². The average molecular weight is 391 g/mol.